The van der Waals surface area contributed by atoms with Crippen molar-refractivity contribution in [2.75, 3.05) is 13.1 Å². The van der Waals surface area contributed by atoms with Gasteiger partial charge < -0.3 is 5.11 Å². The van der Waals surface area contributed by atoms with E-state index in [0.717, 1.165) is 5.56 Å². The van der Waals surface area contributed by atoms with Crippen molar-refractivity contribution in [2.45, 2.75) is 17.7 Å². The summed E-state index contributed by atoms with van der Waals surface area (Å²) in [5.41, 5.74) is 2.58. The smallest absolute Gasteiger partial charge is 0.243 e. The lowest BCUT2D eigenvalue weighted by molar-refractivity contribution is -0.118. The summed E-state index contributed by atoms with van der Waals surface area (Å²) in [6, 6.07) is 18.3. The predicted molar refractivity (Wildman–Crippen MR) is 118 cm³/mol. The first-order valence-corrected chi connectivity index (χ1v) is 11.3. The number of pyridine rings is 1. The van der Waals surface area contributed by atoms with Gasteiger partial charge in [-0.3, -0.25) is 9.78 Å². The average Bonchev–Trinajstić information content (AvgIpc) is 2.77. The molecule has 0 amide bonds. The molecule has 1 saturated heterocycles. The van der Waals surface area contributed by atoms with Gasteiger partial charge in [0.05, 0.1) is 16.5 Å². The summed E-state index contributed by atoms with van der Waals surface area (Å²) >= 11 is 0. The van der Waals surface area contributed by atoms with Crippen LogP contribution in [0.2, 0.25) is 0 Å². The fourth-order valence-corrected chi connectivity index (χ4v) is 5.04. The molecule has 0 saturated carbocycles. The number of carbonyl (C=O) groups is 1. The van der Waals surface area contributed by atoms with Crippen molar-refractivity contribution < 1.29 is 18.3 Å². The fraction of sp³-hybridized carbons (Fsp3) is 0.167. The molecule has 4 rings (SSSR count). The summed E-state index contributed by atoms with van der Waals surface area (Å²) in [7, 11) is -3.81. The van der Waals surface area contributed by atoms with Gasteiger partial charge in [0.15, 0.2) is 5.78 Å². The second kappa shape index (κ2) is 8.45. The fourth-order valence-electron chi connectivity index (χ4n) is 3.61. The Kier molecular flexibility index (Phi) is 5.71. The van der Waals surface area contributed by atoms with Crippen LogP contribution in [-0.2, 0) is 14.8 Å². The van der Waals surface area contributed by atoms with Gasteiger partial charge in [-0.15, -0.1) is 0 Å². The molecule has 0 radical (unpaired) electrons. The number of phenols is 1. The third-order valence-corrected chi connectivity index (χ3v) is 7.16. The topological polar surface area (TPSA) is 87.6 Å². The van der Waals surface area contributed by atoms with Gasteiger partial charge in [0.25, 0.3) is 0 Å². The summed E-state index contributed by atoms with van der Waals surface area (Å²) in [4.78, 5) is 17.7. The zero-order valence-electron chi connectivity index (χ0n) is 17.0. The quantitative estimate of drug-likeness (QED) is 0.635. The van der Waals surface area contributed by atoms with Crippen molar-refractivity contribution >= 4 is 21.9 Å². The molecule has 1 atom stereocenters. The molecule has 1 aliphatic rings. The predicted octanol–water partition coefficient (Wildman–Crippen LogP) is 3.54. The molecular weight excluding hydrogens is 412 g/mol. The first kappa shape index (κ1) is 21.0. The lowest BCUT2D eigenvalue weighted by Gasteiger charge is -2.33. The Hall–Kier alpha value is -3.29. The number of aromatic nitrogens is 1. The molecule has 6 nitrogen and oxygen atoms in total. The Bertz CT molecular complexity index is 1220. The molecule has 7 heteroatoms. The van der Waals surface area contributed by atoms with Crippen molar-refractivity contribution in [3.8, 4) is 5.75 Å². The number of hydrogen-bond acceptors (Lipinski definition) is 5. The third kappa shape index (κ3) is 4.42. The summed E-state index contributed by atoms with van der Waals surface area (Å²) in [6.45, 7) is 1.89. The standard InChI is InChI=1S/C24H22N2O4S/c1-17-5-11-22(12-6-17)31(29,30)26-15-19(14-20-4-2-3-13-25-20)24(28)23(16-26)18-7-9-21(27)10-8-18/h2-14,23,27H,15-16H2,1H3/b19-14-. The average molecular weight is 435 g/mol. The highest BCUT2D eigenvalue weighted by Crippen LogP contribution is 2.32. The van der Waals surface area contributed by atoms with Crippen molar-refractivity contribution in [1.29, 1.82) is 0 Å². The maximum atomic E-state index is 13.4. The Balaban J connectivity index is 1.77. The number of aromatic hydroxyl groups is 1. The molecule has 1 aliphatic heterocycles. The van der Waals surface area contributed by atoms with Gasteiger partial charge in [-0.05, 0) is 55.0 Å². The minimum atomic E-state index is -3.81. The van der Waals surface area contributed by atoms with E-state index in [2.05, 4.69) is 4.98 Å². The molecule has 2 aromatic carbocycles. The first-order valence-electron chi connectivity index (χ1n) is 9.86. The number of aryl methyl sites for hydroxylation is 1. The van der Waals surface area contributed by atoms with Crippen molar-refractivity contribution in [3.63, 3.8) is 0 Å². The van der Waals surface area contributed by atoms with Crippen LogP contribution in [0.15, 0.2) is 83.4 Å². The highest BCUT2D eigenvalue weighted by molar-refractivity contribution is 7.89. The number of piperidine rings is 1. The van der Waals surface area contributed by atoms with Crippen molar-refractivity contribution in [3.05, 3.63) is 95.3 Å². The molecule has 158 valence electrons. The first-order chi connectivity index (χ1) is 14.8. The van der Waals surface area contributed by atoms with Gasteiger partial charge in [0.2, 0.25) is 10.0 Å². The van der Waals surface area contributed by atoms with E-state index < -0.39 is 15.9 Å². The van der Waals surface area contributed by atoms with Gasteiger partial charge in [-0.1, -0.05) is 35.9 Å². The highest BCUT2D eigenvalue weighted by atomic mass is 32.2. The van der Waals surface area contributed by atoms with E-state index >= 15 is 0 Å². The van der Waals surface area contributed by atoms with Crippen LogP contribution >= 0.6 is 0 Å². The van der Waals surface area contributed by atoms with Crippen LogP contribution in [0.5, 0.6) is 5.75 Å². The van der Waals surface area contributed by atoms with Gasteiger partial charge in [0, 0.05) is 24.9 Å². The third-order valence-electron chi connectivity index (χ3n) is 5.33. The van der Waals surface area contributed by atoms with E-state index in [-0.39, 0.29) is 29.5 Å². The maximum absolute atomic E-state index is 13.4. The minimum absolute atomic E-state index is 0.0272. The van der Waals surface area contributed by atoms with E-state index in [1.54, 1.807) is 60.8 Å². The Morgan fingerprint density at radius 3 is 2.39 bits per heavy atom. The molecule has 2 heterocycles. The van der Waals surface area contributed by atoms with E-state index in [1.165, 1.54) is 16.4 Å². The normalized spacial score (nSPS) is 18.9. The van der Waals surface area contributed by atoms with Crippen molar-refractivity contribution in [2.24, 2.45) is 0 Å². The van der Waals surface area contributed by atoms with E-state index in [0.29, 0.717) is 16.8 Å². The number of benzene rings is 2. The van der Waals surface area contributed by atoms with Crippen LogP contribution in [0, 0.1) is 6.92 Å². The Labute approximate surface area is 181 Å². The molecule has 1 fully saturated rings. The Morgan fingerprint density at radius 2 is 1.74 bits per heavy atom. The molecule has 0 aliphatic carbocycles. The number of ketones is 1. The van der Waals surface area contributed by atoms with Crippen LogP contribution in [0.25, 0.3) is 6.08 Å². The maximum Gasteiger partial charge on any atom is 0.243 e. The lowest BCUT2D eigenvalue weighted by atomic mass is 9.87. The van der Waals surface area contributed by atoms with Crippen LogP contribution in [0.4, 0.5) is 0 Å². The number of sulfonamides is 1. The molecular formula is C24H22N2O4S. The van der Waals surface area contributed by atoms with Crippen LogP contribution in [0.1, 0.15) is 22.7 Å². The number of rotatable bonds is 4. The number of Topliss-reactive ketones (excluding diaryl/α,β-unsaturated/α-hetero) is 1. The Morgan fingerprint density at radius 1 is 1.03 bits per heavy atom. The van der Waals surface area contributed by atoms with Crippen LogP contribution in [-0.4, -0.2) is 41.7 Å². The molecule has 0 spiro atoms. The number of hydrogen-bond donors (Lipinski definition) is 1. The zero-order chi connectivity index (χ0) is 22.0. The number of nitrogens with zero attached hydrogens (tertiary/aromatic N) is 2. The van der Waals surface area contributed by atoms with Crippen LogP contribution < -0.4 is 0 Å². The van der Waals surface area contributed by atoms with Gasteiger partial charge >= 0.3 is 0 Å². The molecule has 1 unspecified atom stereocenters. The monoisotopic (exact) mass is 434 g/mol. The minimum Gasteiger partial charge on any atom is -0.508 e. The molecule has 3 aromatic rings. The molecule has 31 heavy (non-hydrogen) atoms. The van der Waals surface area contributed by atoms with E-state index in [4.69, 9.17) is 0 Å². The lowest BCUT2D eigenvalue weighted by Crippen LogP contribution is -2.44. The van der Waals surface area contributed by atoms with Gasteiger partial charge in [-0.25, -0.2) is 8.42 Å². The van der Waals surface area contributed by atoms with E-state index in [1.807, 2.05) is 13.0 Å². The SMILES string of the molecule is Cc1ccc(S(=O)(=O)N2C/C(=C/c3ccccn3)C(=O)C(c3ccc(O)cc3)C2)cc1. The van der Waals surface area contributed by atoms with Crippen LogP contribution in [0.3, 0.4) is 0 Å². The summed E-state index contributed by atoms with van der Waals surface area (Å²) in [5, 5.41) is 9.61. The molecule has 1 aromatic heterocycles. The van der Waals surface area contributed by atoms with E-state index in [9.17, 15) is 18.3 Å². The van der Waals surface area contributed by atoms with Gasteiger partial charge in [-0.2, -0.15) is 4.31 Å². The highest BCUT2D eigenvalue weighted by Gasteiger charge is 2.38. The summed E-state index contributed by atoms with van der Waals surface area (Å²) in [5.74, 6) is -0.739. The summed E-state index contributed by atoms with van der Waals surface area (Å²) < 4.78 is 28.1. The second-order valence-corrected chi connectivity index (χ2v) is 9.48. The van der Waals surface area contributed by atoms with Gasteiger partial charge in [0.1, 0.15) is 5.75 Å². The second-order valence-electron chi connectivity index (χ2n) is 7.54. The number of carbonyl (C=O) groups excluding carboxylic acids is 1. The van der Waals surface area contributed by atoms with Crippen molar-refractivity contribution in [1.82, 2.24) is 9.29 Å². The number of phenolic OH excluding ortho intramolecular Hbond substituents is 1. The molecule has 0 bridgehead atoms. The summed E-state index contributed by atoms with van der Waals surface area (Å²) in [6.07, 6.45) is 3.27. The molecule has 1 N–H and O–H groups in total. The largest absolute Gasteiger partial charge is 0.508 e. The zero-order valence-corrected chi connectivity index (χ0v) is 17.8.